The van der Waals surface area contributed by atoms with Crippen molar-refractivity contribution in [2.45, 2.75) is 6.04 Å². The van der Waals surface area contributed by atoms with E-state index in [-0.39, 0.29) is 11.8 Å². The Morgan fingerprint density at radius 2 is 1.86 bits per heavy atom. The van der Waals surface area contributed by atoms with Gasteiger partial charge in [-0.25, -0.2) is 4.39 Å². The quantitative estimate of drug-likeness (QED) is 0.775. The molecule has 0 saturated carbocycles. The first kappa shape index (κ1) is 13.6. The summed E-state index contributed by atoms with van der Waals surface area (Å²) >= 11 is 0. The van der Waals surface area contributed by atoms with Gasteiger partial charge in [0.1, 0.15) is 17.5 Å². The summed E-state index contributed by atoms with van der Waals surface area (Å²) in [5.41, 5.74) is 13.2. The maximum atomic E-state index is 13.1. The van der Waals surface area contributed by atoms with Crippen LogP contribution in [0.1, 0.15) is 0 Å². The molecule has 2 heterocycles. The number of hydrogen-bond donors (Lipinski definition) is 3. The third kappa shape index (κ3) is 2.47. The lowest BCUT2D eigenvalue weighted by Crippen LogP contribution is -2.57. The standard InChI is InChI=1S/C14H17FN6/c1-18-10-6-21(7-10)13-11(12(16)19-14(17)20-13)8-2-4-9(15)5-3-8/h2-5,10,18H,6-7H2,1H3,(H4,16,17,19,20). The molecule has 110 valence electrons. The summed E-state index contributed by atoms with van der Waals surface area (Å²) in [6, 6.07) is 6.53. The largest absolute Gasteiger partial charge is 0.383 e. The number of likely N-dealkylation sites (N-methyl/N-ethyl adjacent to an activating group) is 1. The molecule has 1 aromatic carbocycles. The molecule has 1 aliphatic rings. The third-order valence-electron chi connectivity index (χ3n) is 3.66. The number of nitrogen functional groups attached to an aromatic ring is 2. The summed E-state index contributed by atoms with van der Waals surface area (Å²) in [4.78, 5) is 10.4. The van der Waals surface area contributed by atoms with Gasteiger partial charge in [-0.05, 0) is 24.7 Å². The Kier molecular flexibility index (Phi) is 3.34. The molecule has 6 nitrogen and oxygen atoms in total. The first-order chi connectivity index (χ1) is 10.1. The Balaban J connectivity index is 2.04. The van der Waals surface area contributed by atoms with Crippen molar-refractivity contribution in [3.63, 3.8) is 0 Å². The van der Waals surface area contributed by atoms with Crippen molar-refractivity contribution in [3.8, 4) is 11.1 Å². The summed E-state index contributed by atoms with van der Waals surface area (Å²) in [6.07, 6.45) is 0. The number of nitrogens with zero attached hydrogens (tertiary/aromatic N) is 3. The van der Waals surface area contributed by atoms with Gasteiger partial charge in [-0.3, -0.25) is 0 Å². The van der Waals surface area contributed by atoms with Gasteiger partial charge in [0.15, 0.2) is 0 Å². The number of nitrogens with two attached hydrogens (primary N) is 2. The van der Waals surface area contributed by atoms with Crippen LogP contribution in [0.2, 0.25) is 0 Å². The number of benzene rings is 1. The van der Waals surface area contributed by atoms with Gasteiger partial charge in [0.05, 0.1) is 5.56 Å². The van der Waals surface area contributed by atoms with Gasteiger partial charge >= 0.3 is 0 Å². The summed E-state index contributed by atoms with van der Waals surface area (Å²) < 4.78 is 13.1. The SMILES string of the molecule is CNC1CN(c2nc(N)nc(N)c2-c2ccc(F)cc2)C1. The lowest BCUT2D eigenvalue weighted by molar-refractivity contribution is 0.447. The lowest BCUT2D eigenvalue weighted by Gasteiger charge is -2.40. The van der Waals surface area contributed by atoms with Crippen LogP contribution in [0.4, 0.5) is 22.0 Å². The van der Waals surface area contributed by atoms with Crippen LogP contribution in [0.5, 0.6) is 0 Å². The Bertz CT molecular complexity index is 651. The van der Waals surface area contributed by atoms with E-state index in [1.165, 1.54) is 12.1 Å². The molecule has 7 heteroatoms. The highest BCUT2D eigenvalue weighted by Crippen LogP contribution is 2.35. The van der Waals surface area contributed by atoms with E-state index in [9.17, 15) is 4.39 Å². The molecule has 0 aliphatic carbocycles. The van der Waals surface area contributed by atoms with Crippen molar-refractivity contribution in [1.82, 2.24) is 15.3 Å². The number of aromatic nitrogens is 2. The van der Waals surface area contributed by atoms with E-state index in [1.54, 1.807) is 12.1 Å². The van der Waals surface area contributed by atoms with Crippen molar-refractivity contribution >= 4 is 17.6 Å². The zero-order valence-electron chi connectivity index (χ0n) is 11.7. The van der Waals surface area contributed by atoms with Crippen molar-refractivity contribution in [2.24, 2.45) is 0 Å². The molecule has 21 heavy (non-hydrogen) atoms. The Morgan fingerprint density at radius 3 is 2.48 bits per heavy atom. The monoisotopic (exact) mass is 288 g/mol. The van der Waals surface area contributed by atoms with Crippen molar-refractivity contribution in [3.05, 3.63) is 30.1 Å². The van der Waals surface area contributed by atoms with E-state index in [2.05, 4.69) is 20.2 Å². The zero-order chi connectivity index (χ0) is 15.0. The summed E-state index contributed by atoms with van der Waals surface area (Å²) in [7, 11) is 1.92. The van der Waals surface area contributed by atoms with Crippen molar-refractivity contribution in [2.75, 3.05) is 36.5 Å². The van der Waals surface area contributed by atoms with Gasteiger partial charge in [-0.1, -0.05) is 12.1 Å². The van der Waals surface area contributed by atoms with E-state index >= 15 is 0 Å². The molecule has 3 rings (SSSR count). The Labute approximate surface area is 122 Å². The minimum absolute atomic E-state index is 0.140. The van der Waals surface area contributed by atoms with Gasteiger partial charge in [0.25, 0.3) is 0 Å². The van der Waals surface area contributed by atoms with Gasteiger partial charge in [-0.2, -0.15) is 9.97 Å². The highest BCUT2D eigenvalue weighted by atomic mass is 19.1. The molecule has 0 unspecified atom stereocenters. The van der Waals surface area contributed by atoms with E-state index in [4.69, 9.17) is 11.5 Å². The average Bonchev–Trinajstić information content (AvgIpc) is 2.39. The molecule has 1 aromatic heterocycles. The molecular formula is C14H17FN6. The second-order valence-corrected chi connectivity index (χ2v) is 5.06. The lowest BCUT2D eigenvalue weighted by atomic mass is 10.0. The number of hydrogen-bond acceptors (Lipinski definition) is 6. The molecule has 0 spiro atoms. The first-order valence-corrected chi connectivity index (χ1v) is 6.69. The van der Waals surface area contributed by atoms with Gasteiger partial charge in [-0.15, -0.1) is 0 Å². The fourth-order valence-electron chi connectivity index (χ4n) is 2.44. The van der Waals surface area contributed by atoms with E-state index in [0.717, 1.165) is 18.7 Å². The van der Waals surface area contributed by atoms with Crippen LogP contribution >= 0.6 is 0 Å². The summed E-state index contributed by atoms with van der Waals surface area (Å²) in [5.74, 6) is 0.839. The minimum atomic E-state index is -0.297. The fourth-order valence-corrected chi connectivity index (χ4v) is 2.44. The zero-order valence-corrected chi connectivity index (χ0v) is 11.7. The maximum absolute atomic E-state index is 13.1. The predicted octanol–water partition coefficient (Wildman–Crippen LogP) is 0.855. The van der Waals surface area contributed by atoms with Gasteiger partial charge in [0.2, 0.25) is 5.95 Å². The van der Waals surface area contributed by atoms with Crippen LogP contribution < -0.4 is 21.7 Å². The average molecular weight is 288 g/mol. The predicted molar refractivity (Wildman–Crippen MR) is 81.3 cm³/mol. The molecule has 0 atom stereocenters. The number of anilines is 3. The topological polar surface area (TPSA) is 93.1 Å². The number of halogens is 1. The van der Waals surface area contributed by atoms with Crippen LogP contribution in [-0.2, 0) is 0 Å². The maximum Gasteiger partial charge on any atom is 0.223 e. The highest BCUT2D eigenvalue weighted by Gasteiger charge is 2.29. The summed E-state index contributed by atoms with van der Waals surface area (Å²) in [5, 5.41) is 3.20. The van der Waals surface area contributed by atoms with Crippen LogP contribution in [0.25, 0.3) is 11.1 Å². The molecule has 1 aliphatic heterocycles. The molecule has 1 saturated heterocycles. The second-order valence-electron chi connectivity index (χ2n) is 5.06. The highest BCUT2D eigenvalue weighted by molar-refractivity contribution is 5.85. The molecule has 0 bridgehead atoms. The van der Waals surface area contributed by atoms with Crippen molar-refractivity contribution in [1.29, 1.82) is 0 Å². The second kappa shape index (κ2) is 5.17. The Hall–Kier alpha value is -2.41. The molecule has 2 aromatic rings. The molecule has 5 N–H and O–H groups in total. The van der Waals surface area contributed by atoms with Gasteiger partial charge < -0.3 is 21.7 Å². The normalized spacial score (nSPS) is 15.0. The summed E-state index contributed by atoms with van der Waals surface area (Å²) in [6.45, 7) is 1.64. The molecule has 0 radical (unpaired) electrons. The van der Waals surface area contributed by atoms with Crippen LogP contribution in [-0.4, -0.2) is 36.1 Å². The van der Waals surface area contributed by atoms with Crippen molar-refractivity contribution < 1.29 is 4.39 Å². The van der Waals surface area contributed by atoms with E-state index in [1.807, 2.05) is 7.05 Å². The molecular weight excluding hydrogens is 271 g/mol. The van der Waals surface area contributed by atoms with Crippen LogP contribution in [0, 0.1) is 5.82 Å². The third-order valence-corrected chi connectivity index (χ3v) is 3.66. The minimum Gasteiger partial charge on any atom is -0.383 e. The van der Waals surface area contributed by atoms with Crippen LogP contribution in [0.3, 0.4) is 0 Å². The smallest absolute Gasteiger partial charge is 0.223 e. The number of nitrogens with one attached hydrogen (secondary N) is 1. The first-order valence-electron chi connectivity index (χ1n) is 6.69. The Morgan fingerprint density at radius 1 is 1.19 bits per heavy atom. The number of rotatable bonds is 3. The van der Waals surface area contributed by atoms with Crippen LogP contribution in [0.15, 0.2) is 24.3 Å². The van der Waals surface area contributed by atoms with E-state index in [0.29, 0.717) is 23.2 Å². The van der Waals surface area contributed by atoms with Gasteiger partial charge in [0, 0.05) is 19.1 Å². The molecule has 0 amide bonds. The van der Waals surface area contributed by atoms with E-state index < -0.39 is 0 Å². The molecule has 1 fully saturated rings. The fraction of sp³-hybridized carbons (Fsp3) is 0.286.